The van der Waals surface area contributed by atoms with E-state index in [4.69, 9.17) is 9.47 Å². The van der Waals surface area contributed by atoms with Crippen LogP contribution >= 0.6 is 0 Å². The second-order valence-corrected chi connectivity index (χ2v) is 22.7. The van der Waals surface area contributed by atoms with E-state index in [0.29, 0.717) is 62.4 Å². The first kappa shape index (κ1) is 44.8. The summed E-state index contributed by atoms with van der Waals surface area (Å²) in [6.07, 6.45) is 9.44. The molecule has 340 valence electrons. The fourth-order valence-electron chi connectivity index (χ4n) is 14.9. The van der Waals surface area contributed by atoms with Crippen LogP contribution in [0.5, 0.6) is 0 Å². The summed E-state index contributed by atoms with van der Waals surface area (Å²) < 4.78 is 11.9. The maximum absolute atomic E-state index is 14.6. The number of rotatable bonds is 9. The van der Waals surface area contributed by atoms with Gasteiger partial charge in [-0.3, -0.25) is 24.0 Å². The summed E-state index contributed by atoms with van der Waals surface area (Å²) in [7, 11) is 0. The van der Waals surface area contributed by atoms with Gasteiger partial charge >= 0.3 is 11.9 Å². The third-order valence-electron chi connectivity index (χ3n) is 18.8. The summed E-state index contributed by atoms with van der Waals surface area (Å²) in [5.74, 6) is -0.812. The molecule has 0 radical (unpaired) electrons. The highest BCUT2D eigenvalue weighted by molar-refractivity contribution is 6.04. The lowest BCUT2D eigenvalue weighted by Crippen LogP contribution is -2.67. The van der Waals surface area contributed by atoms with E-state index in [-0.39, 0.29) is 70.1 Å². The minimum atomic E-state index is -1.28. The molecule has 0 aromatic carbocycles. The van der Waals surface area contributed by atoms with E-state index in [1.165, 1.54) is 0 Å². The number of allylic oxidation sites excluding steroid dienone is 1. The molecular formula is C50H72N4O8. The smallest absolute Gasteiger partial charge is 0.309 e. The number of carbonyl (C=O) groups is 5. The van der Waals surface area contributed by atoms with E-state index in [0.717, 1.165) is 56.1 Å². The van der Waals surface area contributed by atoms with Gasteiger partial charge in [0.05, 0.1) is 36.2 Å². The van der Waals surface area contributed by atoms with Crippen LogP contribution in [0.4, 0.5) is 5.82 Å². The zero-order valence-corrected chi connectivity index (χ0v) is 38.9. The number of hydrogen-bond acceptors (Lipinski definition) is 9. The number of amides is 2. The van der Waals surface area contributed by atoms with Crippen molar-refractivity contribution in [3.63, 3.8) is 0 Å². The molecule has 2 amide bonds. The average Bonchev–Trinajstić information content (AvgIpc) is 3.50. The van der Waals surface area contributed by atoms with Gasteiger partial charge in [0.25, 0.3) is 5.91 Å². The Kier molecular flexibility index (Phi) is 11.1. The number of ketones is 1. The monoisotopic (exact) mass is 857 g/mol. The van der Waals surface area contributed by atoms with E-state index in [9.17, 15) is 29.1 Å². The fourth-order valence-corrected chi connectivity index (χ4v) is 14.9. The van der Waals surface area contributed by atoms with Crippen molar-refractivity contribution in [2.75, 3.05) is 31.2 Å². The zero-order valence-electron chi connectivity index (χ0n) is 38.9. The predicted molar refractivity (Wildman–Crippen MR) is 235 cm³/mol. The van der Waals surface area contributed by atoms with Crippen LogP contribution in [-0.4, -0.2) is 83.1 Å². The van der Waals surface area contributed by atoms with E-state index >= 15 is 0 Å². The topological polar surface area (TPSA) is 164 Å². The quantitative estimate of drug-likeness (QED) is 0.212. The molecule has 62 heavy (non-hydrogen) atoms. The predicted octanol–water partition coefficient (Wildman–Crippen LogP) is 7.54. The van der Waals surface area contributed by atoms with Crippen molar-refractivity contribution in [2.24, 2.45) is 63.1 Å². The van der Waals surface area contributed by atoms with Gasteiger partial charge in [0.2, 0.25) is 5.91 Å². The standard InChI is InChI=1S/C50H72N4O8/c1-28(2)38-35(55)27-50(53-44(60)46(6,7)52-41(56)30-12-11-21-51-40(30)54-22-24-61-25-23-54)20-19-48(9)32(39(38)50)13-14-37-47(8)17-16-36(29(3)31(47)15-18-49(37,48)10)62-43(59)34-26-33(42(57)58)45(34,4)5/h11-12,21,28-29,31-34,36-37H,13-20,22-27H2,1-10H3,(H,52,56)(H,53,60)(H,57,58)/t29-,31?,32-,33+,34-,36+,37?,47+,48-,49-,50-/m1/s1. The Labute approximate surface area is 368 Å². The summed E-state index contributed by atoms with van der Waals surface area (Å²) in [6.45, 7) is 23.6. The number of esters is 1. The molecule has 2 unspecified atom stereocenters. The van der Waals surface area contributed by atoms with E-state index in [1.807, 2.05) is 18.7 Å². The third kappa shape index (κ3) is 6.76. The third-order valence-corrected chi connectivity index (χ3v) is 18.8. The average molecular weight is 857 g/mol. The number of ether oxygens (including phenoxy) is 2. The molecule has 3 N–H and O–H groups in total. The van der Waals surface area contributed by atoms with Crippen LogP contribution in [0.2, 0.25) is 0 Å². The molecule has 5 saturated carbocycles. The Morgan fingerprint density at radius 2 is 1.66 bits per heavy atom. The van der Waals surface area contributed by atoms with Crippen molar-refractivity contribution in [2.45, 2.75) is 151 Å². The maximum atomic E-state index is 14.6. The molecule has 1 aliphatic heterocycles. The van der Waals surface area contributed by atoms with Gasteiger partial charge < -0.3 is 30.1 Å². The number of fused-ring (bicyclic) bond motifs is 7. The molecule has 12 heteroatoms. The molecule has 1 aromatic rings. The van der Waals surface area contributed by atoms with Gasteiger partial charge in [0, 0.05) is 25.7 Å². The number of carbonyl (C=O) groups excluding carboxylic acids is 4. The van der Waals surface area contributed by atoms with Gasteiger partial charge in [-0.1, -0.05) is 55.4 Å². The SMILES string of the molecule is CC(C)C1=C2[C@H]3CCC4[C@@]5(C)CC[C@H](OC(=O)[C@H]6C[C@@H](C(=O)O)C6(C)C)[C@H](C)C5CC[C@@]4(C)[C@]3(C)CC[C@@]2(NC(=O)C(C)(C)NC(=O)c2cccnc2N2CCOCC2)CC1=O. The summed E-state index contributed by atoms with van der Waals surface area (Å²) in [6, 6.07) is 3.48. The molecular weight excluding hydrogens is 785 g/mol. The van der Waals surface area contributed by atoms with Gasteiger partial charge in [-0.25, -0.2) is 4.98 Å². The summed E-state index contributed by atoms with van der Waals surface area (Å²) in [5, 5.41) is 16.2. The van der Waals surface area contributed by atoms with Crippen LogP contribution in [0, 0.1) is 63.1 Å². The van der Waals surface area contributed by atoms with E-state index in [1.54, 1.807) is 32.2 Å². The highest BCUT2D eigenvalue weighted by Crippen LogP contribution is 2.75. The molecule has 1 aromatic heterocycles. The molecule has 12 nitrogen and oxygen atoms in total. The van der Waals surface area contributed by atoms with Gasteiger partial charge in [0.1, 0.15) is 17.5 Å². The van der Waals surface area contributed by atoms with Crippen molar-refractivity contribution < 1.29 is 38.6 Å². The molecule has 2 heterocycles. The van der Waals surface area contributed by atoms with Crippen LogP contribution < -0.4 is 15.5 Å². The molecule has 6 fully saturated rings. The molecule has 11 atom stereocenters. The number of anilines is 1. The Morgan fingerprint density at radius 3 is 2.32 bits per heavy atom. The number of pyridine rings is 1. The second-order valence-electron chi connectivity index (χ2n) is 22.7. The minimum Gasteiger partial charge on any atom is -0.481 e. The Bertz CT molecular complexity index is 2060. The Balaban J connectivity index is 1.01. The molecule has 6 aliphatic carbocycles. The first-order chi connectivity index (χ1) is 29.0. The first-order valence-corrected chi connectivity index (χ1v) is 23.7. The lowest BCUT2D eigenvalue weighted by molar-refractivity contribution is -0.217. The number of morpholine rings is 1. The van der Waals surface area contributed by atoms with E-state index in [2.05, 4.69) is 57.2 Å². The maximum Gasteiger partial charge on any atom is 0.309 e. The molecule has 7 aliphatic rings. The normalized spacial score (nSPS) is 38.8. The van der Waals surface area contributed by atoms with Crippen molar-refractivity contribution in [3.8, 4) is 0 Å². The zero-order chi connectivity index (χ0) is 44.9. The number of Topliss-reactive ketones (excluding diaryl/α,β-unsaturated/α-hetero) is 1. The van der Waals surface area contributed by atoms with E-state index < -0.39 is 34.3 Å². The van der Waals surface area contributed by atoms with Crippen LogP contribution in [0.3, 0.4) is 0 Å². The number of carboxylic acids is 1. The van der Waals surface area contributed by atoms with Gasteiger partial charge in [-0.05, 0) is 146 Å². The van der Waals surface area contributed by atoms with Crippen molar-refractivity contribution >= 4 is 35.4 Å². The molecule has 0 bridgehead atoms. The van der Waals surface area contributed by atoms with Crippen molar-refractivity contribution in [3.05, 3.63) is 35.0 Å². The Hall–Kier alpha value is -3.80. The number of aromatic nitrogens is 1. The lowest BCUT2D eigenvalue weighted by Gasteiger charge is -2.71. The van der Waals surface area contributed by atoms with Crippen LogP contribution in [0.15, 0.2) is 29.5 Å². The van der Waals surface area contributed by atoms with Crippen molar-refractivity contribution in [1.82, 2.24) is 15.6 Å². The van der Waals surface area contributed by atoms with Crippen LogP contribution in [0.25, 0.3) is 0 Å². The largest absolute Gasteiger partial charge is 0.481 e. The number of nitrogens with zero attached hydrogens (tertiary/aromatic N) is 2. The number of hydrogen-bond donors (Lipinski definition) is 3. The van der Waals surface area contributed by atoms with Gasteiger partial charge in [-0.2, -0.15) is 0 Å². The lowest BCUT2D eigenvalue weighted by atomic mass is 9.34. The highest BCUT2D eigenvalue weighted by Gasteiger charge is 2.69. The van der Waals surface area contributed by atoms with Gasteiger partial charge in [0.15, 0.2) is 5.78 Å². The summed E-state index contributed by atoms with van der Waals surface area (Å²) in [5.41, 5.74) is -0.354. The fraction of sp³-hybridized carbons (Fsp3) is 0.760. The molecule has 1 saturated heterocycles. The number of carboxylic acid groups (broad SMARTS) is 1. The van der Waals surface area contributed by atoms with Gasteiger partial charge in [-0.15, -0.1) is 0 Å². The summed E-state index contributed by atoms with van der Waals surface area (Å²) >= 11 is 0. The minimum absolute atomic E-state index is 0.00803. The summed E-state index contributed by atoms with van der Waals surface area (Å²) in [4.78, 5) is 74.8. The number of aliphatic carboxylic acids is 1. The molecule has 0 spiro atoms. The van der Waals surface area contributed by atoms with Crippen molar-refractivity contribution in [1.29, 1.82) is 0 Å². The number of nitrogens with one attached hydrogen (secondary N) is 2. The van der Waals surface area contributed by atoms with Crippen LogP contribution in [-0.2, 0) is 28.7 Å². The highest BCUT2D eigenvalue weighted by atomic mass is 16.5. The molecule has 8 rings (SSSR count). The first-order valence-electron chi connectivity index (χ1n) is 23.7. The van der Waals surface area contributed by atoms with Crippen LogP contribution in [0.1, 0.15) is 144 Å². The second kappa shape index (κ2) is 15.4. The Morgan fingerprint density at radius 1 is 0.952 bits per heavy atom.